The zero-order valence-electron chi connectivity index (χ0n) is 14.7. The molecule has 0 aliphatic rings. The van der Waals surface area contributed by atoms with Crippen LogP contribution in [0.25, 0.3) is 0 Å². The molecule has 0 atom stereocenters. The molecule has 0 unspecified atom stereocenters. The summed E-state index contributed by atoms with van der Waals surface area (Å²) in [7, 11) is 0. The number of aryl methyl sites for hydroxylation is 1. The Hall–Kier alpha value is -1.79. The summed E-state index contributed by atoms with van der Waals surface area (Å²) in [6.45, 7) is 4.48. The van der Waals surface area contributed by atoms with E-state index in [2.05, 4.69) is 15.7 Å². The van der Waals surface area contributed by atoms with Gasteiger partial charge in [0.2, 0.25) is 0 Å². The van der Waals surface area contributed by atoms with Crippen LogP contribution in [0.2, 0.25) is 15.1 Å². The van der Waals surface area contributed by atoms with Crippen molar-refractivity contribution in [3.63, 3.8) is 0 Å². The lowest BCUT2D eigenvalue weighted by molar-refractivity contribution is 0.659. The Morgan fingerprint density at radius 2 is 1.70 bits per heavy atom. The van der Waals surface area contributed by atoms with E-state index in [1.807, 2.05) is 48.9 Å². The van der Waals surface area contributed by atoms with E-state index in [0.29, 0.717) is 32.4 Å². The summed E-state index contributed by atoms with van der Waals surface area (Å²) >= 11 is 23.9. The Kier molecular flexibility index (Phi) is 6.27. The Morgan fingerprint density at radius 3 is 2.44 bits per heavy atom. The largest absolute Gasteiger partial charge is 0.331 e. The fourth-order valence-electron chi connectivity index (χ4n) is 2.69. The van der Waals surface area contributed by atoms with Gasteiger partial charge in [-0.25, -0.2) is 0 Å². The SMILES string of the molecule is Cc1nn(Cc2ccccc2Cl)c(C)c1NC(=S)Nc1cccc(Cl)c1Cl. The molecule has 0 radical (unpaired) electrons. The first-order chi connectivity index (χ1) is 12.9. The summed E-state index contributed by atoms with van der Waals surface area (Å²) in [5, 5.41) is 12.9. The quantitative estimate of drug-likeness (QED) is 0.467. The second kappa shape index (κ2) is 8.48. The zero-order chi connectivity index (χ0) is 19.6. The van der Waals surface area contributed by atoms with Crippen LogP contribution in [0.4, 0.5) is 11.4 Å². The molecule has 27 heavy (non-hydrogen) atoms. The van der Waals surface area contributed by atoms with Gasteiger partial charge in [-0.1, -0.05) is 59.1 Å². The minimum Gasteiger partial charge on any atom is -0.331 e. The molecule has 0 amide bonds. The molecule has 1 heterocycles. The van der Waals surface area contributed by atoms with Crippen molar-refractivity contribution in [2.75, 3.05) is 10.6 Å². The number of hydrogen-bond donors (Lipinski definition) is 2. The number of nitrogens with one attached hydrogen (secondary N) is 2. The molecule has 0 aliphatic heterocycles. The molecule has 0 saturated heterocycles. The van der Waals surface area contributed by atoms with Crippen molar-refractivity contribution in [1.29, 1.82) is 0 Å². The minimum absolute atomic E-state index is 0.405. The molecule has 3 rings (SSSR count). The summed E-state index contributed by atoms with van der Waals surface area (Å²) in [5.41, 5.74) is 4.27. The van der Waals surface area contributed by atoms with Crippen LogP contribution in [-0.4, -0.2) is 14.9 Å². The van der Waals surface area contributed by atoms with E-state index in [1.54, 1.807) is 12.1 Å². The molecule has 3 aromatic rings. The molecule has 0 bridgehead atoms. The van der Waals surface area contributed by atoms with Gasteiger partial charge in [-0.05, 0) is 49.8 Å². The van der Waals surface area contributed by atoms with E-state index in [4.69, 9.17) is 47.0 Å². The maximum absolute atomic E-state index is 6.26. The van der Waals surface area contributed by atoms with Crippen molar-refractivity contribution in [3.8, 4) is 0 Å². The van der Waals surface area contributed by atoms with Crippen molar-refractivity contribution < 1.29 is 0 Å². The maximum atomic E-state index is 6.26. The number of rotatable bonds is 4. The van der Waals surface area contributed by atoms with Crippen molar-refractivity contribution in [2.24, 2.45) is 0 Å². The van der Waals surface area contributed by atoms with E-state index in [-0.39, 0.29) is 0 Å². The maximum Gasteiger partial charge on any atom is 0.175 e. The molecule has 0 saturated carbocycles. The van der Waals surface area contributed by atoms with Gasteiger partial charge in [-0.15, -0.1) is 0 Å². The highest BCUT2D eigenvalue weighted by atomic mass is 35.5. The fraction of sp³-hybridized carbons (Fsp3) is 0.158. The van der Waals surface area contributed by atoms with Gasteiger partial charge in [0.1, 0.15) is 0 Å². The van der Waals surface area contributed by atoms with Crippen LogP contribution >= 0.6 is 47.0 Å². The second-order valence-corrected chi connectivity index (χ2v) is 7.58. The predicted octanol–water partition coefficient (Wildman–Crippen LogP) is 6.32. The summed E-state index contributed by atoms with van der Waals surface area (Å²) in [6, 6.07) is 13.1. The van der Waals surface area contributed by atoms with Crippen molar-refractivity contribution >= 4 is 63.5 Å². The molecule has 140 valence electrons. The number of halogens is 3. The number of aromatic nitrogens is 2. The van der Waals surface area contributed by atoms with Gasteiger partial charge in [-0.3, -0.25) is 4.68 Å². The third-order valence-corrected chi connectivity index (χ3v) is 5.49. The third-order valence-electron chi connectivity index (χ3n) is 4.10. The smallest absolute Gasteiger partial charge is 0.175 e. The van der Waals surface area contributed by atoms with Crippen LogP contribution in [0.15, 0.2) is 42.5 Å². The van der Waals surface area contributed by atoms with Gasteiger partial charge in [0.05, 0.1) is 39.4 Å². The molecular formula is C19H17Cl3N4S. The van der Waals surface area contributed by atoms with Crippen LogP contribution < -0.4 is 10.6 Å². The molecular weight excluding hydrogens is 423 g/mol. The number of anilines is 2. The van der Waals surface area contributed by atoms with Crippen LogP contribution in [0.5, 0.6) is 0 Å². The Labute approximate surface area is 178 Å². The van der Waals surface area contributed by atoms with Gasteiger partial charge in [-0.2, -0.15) is 5.10 Å². The van der Waals surface area contributed by atoms with Crippen LogP contribution in [0, 0.1) is 13.8 Å². The molecule has 1 aromatic heterocycles. The Balaban J connectivity index is 1.77. The van der Waals surface area contributed by atoms with Gasteiger partial charge >= 0.3 is 0 Å². The van der Waals surface area contributed by atoms with Crippen molar-refractivity contribution in [1.82, 2.24) is 9.78 Å². The summed E-state index contributed by atoms with van der Waals surface area (Å²) in [6.07, 6.45) is 0. The van der Waals surface area contributed by atoms with Gasteiger partial charge < -0.3 is 10.6 Å². The fourth-order valence-corrected chi connectivity index (χ4v) is 3.44. The highest BCUT2D eigenvalue weighted by Gasteiger charge is 2.14. The highest BCUT2D eigenvalue weighted by molar-refractivity contribution is 7.80. The van der Waals surface area contributed by atoms with E-state index >= 15 is 0 Å². The first kappa shape index (κ1) is 20.0. The molecule has 2 N–H and O–H groups in total. The lowest BCUT2D eigenvalue weighted by Crippen LogP contribution is -2.20. The summed E-state index contributed by atoms with van der Waals surface area (Å²) < 4.78 is 1.90. The summed E-state index contributed by atoms with van der Waals surface area (Å²) in [5.74, 6) is 0. The van der Waals surface area contributed by atoms with E-state index in [0.717, 1.165) is 22.6 Å². The number of benzene rings is 2. The zero-order valence-corrected chi connectivity index (χ0v) is 17.8. The molecule has 2 aromatic carbocycles. The standard InChI is InChI=1S/C19H17Cl3N4S/c1-11-18(24-19(27)23-16-9-5-8-15(21)17(16)22)12(2)26(25-11)10-13-6-3-4-7-14(13)20/h3-9H,10H2,1-2H3,(H2,23,24,27). The summed E-state index contributed by atoms with van der Waals surface area (Å²) in [4.78, 5) is 0. The molecule has 0 fully saturated rings. The number of nitrogens with zero attached hydrogens (tertiary/aromatic N) is 2. The molecule has 8 heteroatoms. The lowest BCUT2D eigenvalue weighted by atomic mass is 10.2. The van der Waals surface area contributed by atoms with Crippen LogP contribution in [-0.2, 0) is 6.54 Å². The first-order valence-electron chi connectivity index (χ1n) is 8.16. The van der Waals surface area contributed by atoms with Crippen molar-refractivity contribution in [3.05, 3.63) is 74.5 Å². The van der Waals surface area contributed by atoms with Gasteiger partial charge in [0, 0.05) is 5.02 Å². The molecule has 0 aliphatic carbocycles. The van der Waals surface area contributed by atoms with Gasteiger partial charge in [0.25, 0.3) is 0 Å². The van der Waals surface area contributed by atoms with Crippen molar-refractivity contribution in [2.45, 2.75) is 20.4 Å². The van der Waals surface area contributed by atoms with Gasteiger partial charge in [0.15, 0.2) is 5.11 Å². The first-order valence-corrected chi connectivity index (χ1v) is 9.70. The highest BCUT2D eigenvalue weighted by Crippen LogP contribution is 2.30. The van der Waals surface area contributed by atoms with E-state index in [9.17, 15) is 0 Å². The Bertz CT molecular complexity index is 1000. The molecule has 4 nitrogen and oxygen atoms in total. The number of hydrogen-bond acceptors (Lipinski definition) is 2. The third kappa shape index (κ3) is 4.55. The van der Waals surface area contributed by atoms with E-state index in [1.165, 1.54) is 0 Å². The second-order valence-electron chi connectivity index (χ2n) is 5.98. The molecule has 0 spiro atoms. The number of thiocarbonyl (C=S) groups is 1. The van der Waals surface area contributed by atoms with Crippen LogP contribution in [0.3, 0.4) is 0 Å². The lowest BCUT2D eigenvalue weighted by Gasteiger charge is -2.13. The van der Waals surface area contributed by atoms with Crippen LogP contribution in [0.1, 0.15) is 17.0 Å². The normalized spacial score (nSPS) is 10.7. The van der Waals surface area contributed by atoms with E-state index < -0.39 is 0 Å². The minimum atomic E-state index is 0.405. The Morgan fingerprint density at radius 1 is 1.00 bits per heavy atom. The predicted molar refractivity (Wildman–Crippen MR) is 119 cm³/mol. The average molecular weight is 440 g/mol. The monoisotopic (exact) mass is 438 g/mol. The topological polar surface area (TPSA) is 41.9 Å². The average Bonchev–Trinajstić information content (AvgIpc) is 2.88.